The summed E-state index contributed by atoms with van der Waals surface area (Å²) in [5.74, 6) is -0.436. The molecule has 1 aliphatic carbocycles. The van der Waals surface area contributed by atoms with Crippen LogP contribution in [0.5, 0.6) is 11.5 Å². The number of anilines is 1. The second-order valence-corrected chi connectivity index (χ2v) is 6.25. The molecule has 8 heteroatoms. The highest BCUT2D eigenvalue weighted by molar-refractivity contribution is 6.07. The fraction of sp³-hybridized carbons (Fsp3) is 0.200. The number of allylic oxidation sites excluding steroid dienone is 1. The van der Waals surface area contributed by atoms with E-state index in [9.17, 15) is 23.1 Å². The summed E-state index contributed by atoms with van der Waals surface area (Å²) in [6, 6.07) is 12.0. The molecular formula is C20H15F3N2O3. The van der Waals surface area contributed by atoms with Gasteiger partial charge in [-0.25, -0.2) is 0 Å². The molecule has 1 aliphatic rings. The van der Waals surface area contributed by atoms with E-state index in [0.29, 0.717) is 11.4 Å². The van der Waals surface area contributed by atoms with Crippen LogP contribution in [0.3, 0.4) is 0 Å². The first-order valence-electron chi connectivity index (χ1n) is 8.37. The van der Waals surface area contributed by atoms with Gasteiger partial charge in [-0.05, 0) is 61.4 Å². The summed E-state index contributed by atoms with van der Waals surface area (Å²) < 4.78 is 43.2. The molecule has 0 saturated heterocycles. The number of nitrogens with zero attached hydrogens (tertiary/aromatic N) is 1. The zero-order valence-electron chi connectivity index (χ0n) is 14.5. The highest BCUT2D eigenvalue weighted by Crippen LogP contribution is 2.36. The lowest BCUT2D eigenvalue weighted by Crippen LogP contribution is -2.15. The Morgan fingerprint density at radius 1 is 1.07 bits per heavy atom. The zero-order chi connectivity index (χ0) is 20.3. The minimum absolute atomic E-state index is 0.125. The lowest BCUT2D eigenvalue weighted by molar-refractivity contribution is -0.137. The molecule has 1 amide bonds. The largest absolute Gasteiger partial charge is 0.510 e. The van der Waals surface area contributed by atoms with Gasteiger partial charge in [-0.1, -0.05) is 0 Å². The summed E-state index contributed by atoms with van der Waals surface area (Å²) in [6.45, 7) is 0. The van der Waals surface area contributed by atoms with Crippen LogP contribution in [0.15, 0.2) is 59.9 Å². The number of carbonyl (C=O) groups is 1. The van der Waals surface area contributed by atoms with Crippen LogP contribution in [0, 0.1) is 17.2 Å². The molecular weight excluding hydrogens is 373 g/mol. The Morgan fingerprint density at radius 2 is 1.61 bits per heavy atom. The molecule has 5 nitrogen and oxygen atoms in total. The van der Waals surface area contributed by atoms with E-state index in [-0.39, 0.29) is 23.0 Å². The van der Waals surface area contributed by atoms with Crippen molar-refractivity contribution in [1.29, 1.82) is 5.26 Å². The van der Waals surface area contributed by atoms with Gasteiger partial charge in [0.05, 0.1) is 5.56 Å². The van der Waals surface area contributed by atoms with E-state index >= 15 is 0 Å². The standard InChI is InChI=1S/C20H15F3N2O3/c21-20(22,23)13-3-7-15(8-4-13)28-16-9-5-14(6-10-16)25-19(27)17(11-24)18(26)12-1-2-12/h3-10,12,26H,1-2H2,(H,25,27). The van der Waals surface area contributed by atoms with Gasteiger partial charge >= 0.3 is 6.18 Å². The first-order valence-corrected chi connectivity index (χ1v) is 8.37. The van der Waals surface area contributed by atoms with Crippen LogP contribution in [0.1, 0.15) is 18.4 Å². The average Bonchev–Trinajstić information content (AvgIpc) is 3.49. The third-order valence-electron chi connectivity index (χ3n) is 4.09. The number of carbonyl (C=O) groups excluding carboxylic acids is 1. The minimum atomic E-state index is -4.41. The maximum Gasteiger partial charge on any atom is 0.416 e. The van der Waals surface area contributed by atoms with Crippen molar-refractivity contribution < 1.29 is 27.8 Å². The quantitative estimate of drug-likeness (QED) is 0.420. The summed E-state index contributed by atoms with van der Waals surface area (Å²) in [5, 5.41) is 21.5. The van der Waals surface area contributed by atoms with E-state index in [1.54, 1.807) is 6.07 Å². The zero-order valence-corrected chi connectivity index (χ0v) is 14.5. The Morgan fingerprint density at radius 3 is 2.07 bits per heavy atom. The molecule has 2 aromatic rings. The van der Waals surface area contributed by atoms with Gasteiger partial charge in [0.2, 0.25) is 0 Å². The van der Waals surface area contributed by atoms with Crippen molar-refractivity contribution in [2.75, 3.05) is 5.32 Å². The van der Waals surface area contributed by atoms with Gasteiger partial charge in [-0.15, -0.1) is 0 Å². The summed E-state index contributed by atoms with van der Waals surface area (Å²) in [5.41, 5.74) is -0.706. The molecule has 3 rings (SSSR count). The number of aliphatic hydroxyl groups excluding tert-OH is 1. The van der Waals surface area contributed by atoms with Crippen molar-refractivity contribution in [1.82, 2.24) is 0 Å². The van der Waals surface area contributed by atoms with Crippen LogP contribution in [0.2, 0.25) is 0 Å². The highest BCUT2D eigenvalue weighted by Gasteiger charge is 2.31. The van der Waals surface area contributed by atoms with E-state index in [2.05, 4.69) is 5.32 Å². The first-order chi connectivity index (χ1) is 13.3. The van der Waals surface area contributed by atoms with Crippen molar-refractivity contribution >= 4 is 11.6 Å². The fourth-order valence-electron chi connectivity index (χ4n) is 2.43. The number of nitrogens with one attached hydrogen (secondary N) is 1. The molecule has 2 N–H and O–H groups in total. The van der Waals surface area contributed by atoms with Gasteiger partial charge in [-0.3, -0.25) is 4.79 Å². The molecule has 0 bridgehead atoms. The number of rotatable bonds is 5. The molecule has 0 heterocycles. The normalized spacial score (nSPS) is 14.6. The van der Waals surface area contributed by atoms with E-state index < -0.39 is 17.6 Å². The van der Waals surface area contributed by atoms with Crippen LogP contribution < -0.4 is 10.1 Å². The van der Waals surface area contributed by atoms with Crippen LogP contribution in [0.25, 0.3) is 0 Å². The number of nitriles is 1. The van der Waals surface area contributed by atoms with Crippen molar-refractivity contribution in [2.24, 2.45) is 5.92 Å². The summed E-state index contributed by atoms with van der Waals surface area (Å²) in [6.07, 6.45) is -2.91. The molecule has 0 aliphatic heterocycles. The summed E-state index contributed by atoms with van der Waals surface area (Å²) in [4.78, 5) is 12.1. The fourth-order valence-corrected chi connectivity index (χ4v) is 2.43. The van der Waals surface area contributed by atoms with Gasteiger partial charge in [0.1, 0.15) is 23.3 Å². The Kier molecular flexibility index (Phi) is 5.27. The number of ether oxygens (including phenoxy) is 1. The van der Waals surface area contributed by atoms with Crippen molar-refractivity contribution in [2.45, 2.75) is 19.0 Å². The number of alkyl halides is 3. The Bertz CT molecular complexity index is 939. The van der Waals surface area contributed by atoms with Crippen LogP contribution in [-0.4, -0.2) is 11.0 Å². The Labute approximate surface area is 158 Å². The van der Waals surface area contributed by atoms with E-state index in [0.717, 1.165) is 25.0 Å². The average molecular weight is 388 g/mol. The lowest BCUT2D eigenvalue weighted by atomic mass is 10.1. The third kappa shape index (κ3) is 4.62. The summed E-state index contributed by atoms with van der Waals surface area (Å²) in [7, 11) is 0. The van der Waals surface area contributed by atoms with Gasteiger partial charge < -0.3 is 15.2 Å². The highest BCUT2D eigenvalue weighted by atomic mass is 19.4. The molecule has 0 atom stereocenters. The lowest BCUT2D eigenvalue weighted by Gasteiger charge is -2.10. The number of hydrogen-bond donors (Lipinski definition) is 2. The van der Waals surface area contributed by atoms with Crippen molar-refractivity contribution in [3.63, 3.8) is 0 Å². The number of benzene rings is 2. The molecule has 144 valence electrons. The van der Waals surface area contributed by atoms with Gasteiger partial charge in [0, 0.05) is 11.6 Å². The topological polar surface area (TPSA) is 82.4 Å². The van der Waals surface area contributed by atoms with Gasteiger partial charge in [-0.2, -0.15) is 18.4 Å². The SMILES string of the molecule is N#CC(C(=O)Nc1ccc(Oc2ccc(C(F)(F)F)cc2)cc1)=C(O)C1CC1. The van der Waals surface area contributed by atoms with E-state index in [4.69, 9.17) is 10.00 Å². The number of hydrogen-bond acceptors (Lipinski definition) is 4. The molecule has 0 aromatic heterocycles. The predicted octanol–water partition coefficient (Wildman–Crippen LogP) is 5.18. The Balaban J connectivity index is 1.64. The number of aliphatic hydroxyl groups is 1. The molecule has 2 aromatic carbocycles. The smallest absolute Gasteiger partial charge is 0.416 e. The van der Waals surface area contributed by atoms with Crippen LogP contribution in [0.4, 0.5) is 18.9 Å². The monoisotopic (exact) mass is 388 g/mol. The van der Waals surface area contributed by atoms with Crippen LogP contribution >= 0.6 is 0 Å². The first kappa shape index (κ1) is 19.3. The second kappa shape index (κ2) is 7.64. The number of amides is 1. The molecule has 0 unspecified atom stereocenters. The number of halogens is 3. The molecule has 1 fully saturated rings. The maximum absolute atomic E-state index is 12.6. The van der Waals surface area contributed by atoms with Crippen LogP contribution in [-0.2, 0) is 11.0 Å². The molecule has 0 radical (unpaired) electrons. The van der Waals surface area contributed by atoms with Crippen molar-refractivity contribution in [3.05, 3.63) is 65.4 Å². The minimum Gasteiger partial charge on any atom is -0.510 e. The molecule has 1 saturated carbocycles. The predicted molar refractivity (Wildman–Crippen MR) is 94.6 cm³/mol. The van der Waals surface area contributed by atoms with Gasteiger partial charge in [0.15, 0.2) is 5.57 Å². The van der Waals surface area contributed by atoms with Crippen molar-refractivity contribution in [3.8, 4) is 17.6 Å². The van der Waals surface area contributed by atoms with E-state index in [1.807, 2.05) is 0 Å². The van der Waals surface area contributed by atoms with Gasteiger partial charge in [0.25, 0.3) is 5.91 Å². The third-order valence-corrected chi connectivity index (χ3v) is 4.09. The Hall–Kier alpha value is -3.47. The molecule has 0 spiro atoms. The molecule has 28 heavy (non-hydrogen) atoms. The maximum atomic E-state index is 12.6. The van der Waals surface area contributed by atoms with E-state index in [1.165, 1.54) is 36.4 Å². The summed E-state index contributed by atoms with van der Waals surface area (Å²) >= 11 is 0. The second-order valence-electron chi connectivity index (χ2n) is 6.25.